The summed E-state index contributed by atoms with van der Waals surface area (Å²) < 4.78 is 0. The number of carbonyl (C=O) groups is 2. The third kappa shape index (κ3) is 5.43. The van der Waals surface area contributed by atoms with Gasteiger partial charge >= 0.3 is 0 Å². The van der Waals surface area contributed by atoms with Gasteiger partial charge in [-0.3, -0.25) is 14.6 Å². The molecule has 1 unspecified atom stereocenters. The van der Waals surface area contributed by atoms with E-state index in [2.05, 4.69) is 4.98 Å². The normalized spacial score (nSPS) is 16.7. The molecule has 1 saturated heterocycles. The van der Waals surface area contributed by atoms with E-state index in [-0.39, 0.29) is 23.8 Å². The minimum absolute atomic E-state index is 0.0414. The molecule has 5 heteroatoms. The van der Waals surface area contributed by atoms with Crippen LogP contribution in [0.1, 0.15) is 43.4 Å². The van der Waals surface area contributed by atoms with Crippen molar-refractivity contribution in [2.75, 3.05) is 13.1 Å². The van der Waals surface area contributed by atoms with E-state index in [4.69, 9.17) is 0 Å². The first-order valence-corrected chi connectivity index (χ1v) is 10.5. The first kappa shape index (κ1) is 21.0. The van der Waals surface area contributed by atoms with E-state index in [1.807, 2.05) is 73.2 Å². The number of aryl methyl sites for hydroxylation is 1. The Bertz CT molecular complexity index is 835. The molecule has 29 heavy (non-hydrogen) atoms. The van der Waals surface area contributed by atoms with Crippen molar-refractivity contribution in [2.24, 2.45) is 5.92 Å². The van der Waals surface area contributed by atoms with Crippen LogP contribution in [-0.4, -0.2) is 45.7 Å². The number of likely N-dealkylation sites (tertiary alicyclic amines) is 1. The summed E-state index contributed by atoms with van der Waals surface area (Å²) in [5, 5.41) is 0. The molecule has 0 N–H and O–H groups in total. The molecule has 154 valence electrons. The summed E-state index contributed by atoms with van der Waals surface area (Å²) in [6, 6.07) is 12.0. The van der Waals surface area contributed by atoms with Crippen molar-refractivity contribution in [3.8, 4) is 0 Å². The third-order valence-corrected chi connectivity index (χ3v) is 5.65. The highest BCUT2D eigenvalue weighted by atomic mass is 16.2. The lowest BCUT2D eigenvalue weighted by atomic mass is 9.99. The molecule has 0 aliphatic carbocycles. The summed E-state index contributed by atoms with van der Waals surface area (Å²) in [7, 11) is 0. The molecular formula is C24H31N3O2. The largest absolute Gasteiger partial charge is 0.340 e. The Kier molecular flexibility index (Phi) is 7.02. The Morgan fingerprint density at radius 3 is 2.69 bits per heavy atom. The Morgan fingerprint density at radius 2 is 2.00 bits per heavy atom. The van der Waals surface area contributed by atoms with Crippen LogP contribution < -0.4 is 0 Å². The zero-order chi connectivity index (χ0) is 20.8. The quantitative estimate of drug-likeness (QED) is 0.753. The van der Waals surface area contributed by atoms with E-state index in [1.54, 1.807) is 6.20 Å². The minimum Gasteiger partial charge on any atom is -0.340 e. The van der Waals surface area contributed by atoms with E-state index >= 15 is 0 Å². The van der Waals surface area contributed by atoms with Gasteiger partial charge in [-0.15, -0.1) is 0 Å². The number of aromatic nitrogens is 1. The number of carbonyl (C=O) groups excluding carboxylic acids is 2. The lowest BCUT2D eigenvalue weighted by Crippen LogP contribution is -2.52. The number of pyridine rings is 1. The fourth-order valence-corrected chi connectivity index (χ4v) is 3.93. The molecule has 0 spiro atoms. The molecule has 3 rings (SSSR count). The maximum atomic E-state index is 13.0. The maximum absolute atomic E-state index is 13.0. The second kappa shape index (κ2) is 9.68. The lowest BCUT2D eigenvalue weighted by molar-refractivity contribution is -0.142. The molecule has 1 aliphatic rings. The first-order chi connectivity index (χ1) is 14.0. The van der Waals surface area contributed by atoms with Gasteiger partial charge in [0.05, 0.1) is 6.42 Å². The van der Waals surface area contributed by atoms with Gasteiger partial charge in [0.1, 0.15) is 0 Å². The topological polar surface area (TPSA) is 53.5 Å². The Hall–Kier alpha value is -2.69. The smallest absolute Gasteiger partial charge is 0.227 e. The van der Waals surface area contributed by atoms with Crippen LogP contribution in [0.25, 0.3) is 0 Å². The maximum Gasteiger partial charge on any atom is 0.227 e. The summed E-state index contributed by atoms with van der Waals surface area (Å²) in [6.45, 7) is 7.81. The molecule has 1 aliphatic heterocycles. The molecule has 2 aromatic rings. The molecule has 1 fully saturated rings. The van der Waals surface area contributed by atoms with E-state index in [0.29, 0.717) is 19.5 Å². The van der Waals surface area contributed by atoms with Gasteiger partial charge in [-0.1, -0.05) is 44.2 Å². The van der Waals surface area contributed by atoms with Crippen LogP contribution >= 0.6 is 0 Å². The summed E-state index contributed by atoms with van der Waals surface area (Å²) in [5.74, 6) is 0.194. The van der Waals surface area contributed by atoms with E-state index < -0.39 is 0 Å². The molecule has 0 radical (unpaired) electrons. The highest BCUT2D eigenvalue weighted by Crippen LogP contribution is 2.21. The number of amides is 2. The highest BCUT2D eigenvalue weighted by Gasteiger charge is 2.31. The fourth-order valence-electron chi connectivity index (χ4n) is 3.93. The average molecular weight is 394 g/mol. The highest BCUT2D eigenvalue weighted by molar-refractivity contribution is 5.80. The minimum atomic E-state index is -0.0790. The average Bonchev–Trinajstić information content (AvgIpc) is 2.74. The molecule has 0 bridgehead atoms. The van der Waals surface area contributed by atoms with E-state index in [0.717, 1.165) is 36.1 Å². The van der Waals surface area contributed by atoms with Crippen LogP contribution in [0.15, 0.2) is 48.8 Å². The predicted octanol–water partition coefficient (Wildman–Crippen LogP) is 3.61. The van der Waals surface area contributed by atoms with Gasteiger partial charge in [-0.25, -0.2) is 0 Å². The molecular weight excluding hydrogens is 362 g/mol. The van der Waals surface area contributed by atoms with Crippen LogP contribution in [0.5, 0.6) is 0 Å². The SMILES string of the molecule is Cc1ccccc1CC(=O)N1CCCC(N(Cc2cccnc2)C(=O)C(C)C)C1. The van der Waals surface area contributed by atoms with Gasteiger partial charge < -0.3 is 9.80 Å². The number of benzene rings is 1. The standard InChI is InChI=1S/C24H31N3O2/c1-18(2)24(29)27(16-20-9-6-12-25-15-20)22-11-7-13-26(17-22)23(28)14-21-10-5-4-8-19(21)3/h4-6,8-10,12,15,18,22H,7,11,13-14,16-17H2,1-3H3. The number of nitrogens with zero attached hydrogens (tertiary/aromatic N) is 3. The molecule has 0 saturated carbocycles. The molecule has 2 amide bonds. The van der Waals surface area contributed by atoms with Crippen molar-refractivity contribution in [3.05, 3.63) is 65.5 Å². The van der Waals surface area contributed by atoms with Crippen molar-refractivity contribution in [1.82, 2.24) is 14.8 Å². The Balaban J connectivity index is 1.72. The van der Waals surface area contributed by atoms with Crippen molar-refractivity contribution in [3.63, 3.8) is 0 Å². The summed E-state index contributed by atoms with van der Waals surface area (Å²) in [5.41, 5.74) is 3.23. The first-order valence-electron chi connectivity index (χ1n) is 10.5. The molecule has 1 aromatic heterocycles. The summed E-state index contributed by atoms with van der Waals surface area (Å²) in [4.78, 5) is 34.0. The van der Waals surface area contributed by atoms with Crippen LogP contribution in [-0.2, 0) is 22.6 Å². The monoisotopic (exact) mass is 393 g/mol. The zero-order valence-corrected chi connectivity index (χ0v) is 17.7. The van der Waals surface area contributed by atoms with Crippen LogP contribution in [0, 0.1) is 12.8 Å². The van der Waals surface area contributed by atoms with Gasteiger partial charge in [0, 0.05) is 44.0 Å². The number of rotatable bonds is 6. The van der Waals surface area contributed by atoms with Crippen molar-refractivity contribution in [1.29, 1.82) is 0 Å². The van der Waals surface area contributed by atoms with Crippen LogP contribution in [0.3, 0.4) is 0 Å². The predicted molar refractivity (Wildman–Crippen MR) is 114 cm³/mol. The number of hydrogen-bond acceptors (Lipinski definition) is 3. The summed E-state index contributed by atoms with van der Waals surface area (Å²) >= 11 is 0. The third-order valence-electron chi connectivity index (χ3n) is 5.65. The Morgan fingerprint density at radius 1 is 1.21 bits per heavy atom. The molecule has 1 atom stereocenters. The van der Waals surface area contributed by atoms with Gasteiger partial charge in [0.15, 0.2) is 0 Å². The molecule has 2 heterocycles. The van der Waals surface area contributed by atoms with Crippen molar-refractivity contribution < 1.29 is 9.59 Å². The lowest BCUT2D eigenvalue weighted by Gasteiger charge is -2.40. The zero-order valence-electron chi connectivity index (χ0n) is 17.7. The van der Waals surface area contributed by atoms with Gasteiger partial charge in [-0.05, 0) is 42.5 Å². The van der Waals surface area contributed by atoms with Gasteiger partial charge in [-0.2, -0.15) is 0 Å². The van der Waals surface area contributed by atoms with Crippen LogP contribution in [0.4, 0.5) is 0 Å². The fraction of sp³-hybridized carbons (Fsp3) is 0.458. The van der Waals surface area contributed by atoms with Gasteiger partial charge in [0.2, 0.25) is 11.8 Å². The second-order valence-electron chi connectivity index (χ2n) is 8.22. The number of piperidine rings is 1. The number of hydrogen-bond donors (Lipinski definition) is 0. The second-order valence-corrected chi connectivity index (χ2v) is 8.22. The molecule has 5 nitrogen and oxygen atoms in total. The molecule has 1 aromatic carbocycles. The van der Waals surface area contributed by atoms with E-state index in [9.17, 15) is 9.59 Å². The van der Waals surface area contributed by atoms with Gasteiger partial charge in [0.25, 0.3) is 0 Å². The van der Waals surface area contributed by atoms with E-state index in [1.165, 1.54) is 0 Å². The summed E-state index contributed by atoms with van der Waals surface area (Å²) in [6.07, 6.45) is 5.81. The van der Waals surface area contributed by atoms with Crippen molar-refractivity contribution >= 4 is 11.8 Å². The van der Waals surface area contributed by atoms with Crippen LogP contribution in [0.2, 0.25) is 0 Å². The van der Waals surface area contributed by atoms with Crippen molar-refractivity contribution in [2.45, 2.75) is 52.6 Å². The Labute approximate surface area is 173 Å².